The lowest BCUT2D eigenvalue weighted by Gasteiger charge is -2.27. The van der Waals surface area contributed by atoms with Crippen molar-refractivity contribution in [3.8, 4) is 0 Å². The van der Waals surface area contributed by atoms with Crippen LogP contribution in [0.1, 0.15) is 42.1 Å². The summed E-state index contributed by atoms with van der Waals surface area (Å²) >= 11 is 6.14. The maximum atomic E-state index is 14.3. The van der Waals surface area contributed by atoms with Crippen LogP contribution in [-0.4, -0.2) is 20.6 Å². The zero-order valence-corrected chi connectivity index (χ0v) is 16.7. The van der Waals surface area contributed by atoms with Crippen LogP contribution in [0.15, 0.2) is 42.5 Å². The van der Waals surface area contributed by atoms with Gasteiger partial charge in [-0.2, -0.15) is 13.8 Å². The molecule has 0 bridgehead atoms. The summed E-state index contributed by atoms with van der Waals surface area (Å²) in [6, 6.07) is 9.42. The summed E-state index contributed by atoms with van der Waals surface area (Å²) < 4.78 is 29.6. The molecule has 0 fully saturated rings. The third kappa shape index (κ3) is 3.72. The highest BCUT2D eigenvalue weighted by Crippen LogP contribution is 2.40. The van der Waals surface area contributed by atoms with Gasteiger partial charge in [0.1, 0.15) is 5.52 Å². The van der Waals surface area contributed by atoms with E-state index in [1.54, 1.807) is 6.92 Å². The predicted molar refractivity (Wildman–Crippen MR) is 111 cm³/mol. The van der Waals surface area contributed by atoms with Gasteiger partial charge in [-0.1, -0.05) is 42.5 Å². The number of nitrogens with one attached hydrogen (secondary N) is 1. The Morgan fingerprint density at radius 1 is 1.21 bits per heavy atom. The van der Waals surface area contributed by atoms with Crippen LogP contribution in [-0.2, 0) is 6.54 Å². The Balaban J connectivity index is 1.86. The number of fused-ring (bicyclic) bond motifs is 1. The number of rotatable bonds is 5. The SMILES string of the molecule is Cc1c([C@H]2CC=CC[C@@H]2N)n(C(F)F)c2c(NCc3ccccc3)nc(Cl)nc12. The third-order valence-corrected chi connectivity index (χ3v) is 5.60. The topological polar surface area (TPSA) is 68.8 Å². The van der Waals surface area contributed by atoms with Gasteiger partial charge in [0, 0.05) is 24.2 Å². The van der Waals surface area contributed by atoms with Gasteiger partial charge in [0.05, 0.1) is 5.52 Å². The number of hydrogen-bond acceptors (Lipinski definition) is 4. The summed E-state index contributed by atoms with van der Waals surface area (Å²) in [6.45, 7) is -0.523. The molecule has 3 aromatic rings. The molecule has 0 saturated heterocycles. The van der Waals surface area contributed by atoms with E-state index in [0.717, 1.165) is 10.1 Å². The summed E-state index contributed by atoms with van der Waals surface area (Å²) in [7, 11) is 0. The van der Waals surface area contributed by atoms with E-state index in [1.165, 1.54) is 0 Å². The van der Waals surface area contributed by atoms with Crippen LogP contribution >= 0.6 is 11.6 Å². The number of alkyl halides is 2. The van der Waals surface area contributed by atoms with Gasteiger partial charge in [-0.15, -0.1) is 0 Å². The van der Waals surface area contributed by atoms with Crippen LogP contribution in [0, 0.1) is 6.92 Å². The number of halogens is 3. The summed E-state index contributed by atoms with van der Waals surface area (Å²) in [5, 5.41) is 3.18. The second-order valence-electron chi connectivity index (χ2n) is 7.25. The van der Waals surface area contributed by atoms with Gasteiger partial charge in [0.2, 0.25) is 5.28 Å². The van der Waals surface area contributed by atoms with Crippen molar-refractivity contribution in [3.05, 3.63) is 64.6 Å². The van der Waals surface area contributed by atoms with E-state index in [4.69, 9.17) is 17.3 Å². The van der Waals surface area contributed by atoms with Crippen LogP contribution < -0.4 is 11.1 Å². The van der Waals surface area contributed by atoms with Crippen LogP contribution in [0.3, 0.4) is 0 Å². The molecule has 1 aliphatic carbocycles. The lowest BCUT2D eigenvalue weighted by atomic mass is 9.85. The van der Waals surface area contributed by atoms with E-state index in [0.29, 0.717) is 42.0 Å². The van der Waals surface area contributed by atoms with E-state index in [1.807, 2.05) is 42.5 Å². The quantitative estimate of drug-likeness (QED) is 0.444. The molecule has 0 aliphatic heterocycles. The van der Waals surface area contributed by atoms with Crippen molar-refractivity contribution in [2.24, 2.45) is 5.73 Å². The lowest BCUT2D eigenvalue weighted by Crippen LogP contribution is -2.31. The van der Waals surface area contributed by atoms with Gasteiger partial charge in [-0.25, -0.2) is 4.98 Å². The molecule has 3 N–H and O–H groups in total. The molecule has 4 rings (SSSR count). The molecule has 0 radical (unpaired) electrons. The number of aryl methyl sites for hydroxylation is 1. The van der Waals surface area contributed by atoms with Gasteiger partial charge in [0.25, 0.3) is 0 Å². The standard InChI is InChI=1S/C21H22ClF2N5/c1-12-16-18(29(21(23)24)17(12)14-9-5-6-10-15(14)25)19(28-20(22)27-16)26-11-13-7-3-2-4-8-13/h2-8,14-15,21H,9-11,25H2,1H3,(H,26,27,28)/t14-,15-/m0/s1. The summed E-state index contributed by atoms with van der Waals surface area (Å²) in [5.74, 6) is 0.0716. The fraction of sp³-hybridized carbons (Fsp3) is 0.333. The second-order valence-corrected chi connectivity index (χ2v) is 7.59. The van der Waals surface area contributed by atoms with Crippen molar-refractivity contribution in [3.63, 3.8) is 0 Å². The minimum absolute atomic E-state index is 0.0157. The van der Waals surface area contributed by atoms with Crippen LogP contribution in [0.5, 0.6) is 0 Å². The van der Waals surface area contributed by atoms with Crippen LogP contribution in [0.2, 0.25) is 5.28 Å². The monoisotopic (exact) mass is 417 g/mol. The molecule has 0 saturated carbocycles. The van der Waals surface area contributed by atoms with E-state index >= 15 is 0 Å². The minimum atomic E-state index is -2.75. The highest BCUT2D eigenvalue weighted by Gasteiger charge is 2.32. The zero-order chi connectivity index (χ0) is 20.5. The smallest absolute Gasteiger partial charge is 0.319 e. The van der Waals surface area contributed by atoms with Crippen molar-refractivity contribution in [2.75, 3.05) is 5.32 Å². The van der Waals surface area contributed by atoms with Gasteiger partial charge in [-0.05, 0) is 42.5 Å². The summed E-state index contributed by atoms with van der Waals surface area (Å²) in [6.07, 6.45) is 5.25. The Morgan fingerprint density at radius 3 is 2.62 bits per heavy atom. The van der Waals surface area contributed by atoms with Crippen molar-refractivity contribution in [1.29, 1.82) is 0 Å². The predicted octanol–water partition coefficient (Wildman–Crippen LogP) is 5.16. The molecular formula is C21H22ClF2N5. The molecule has 2 heterocycles. The largest absolute Gasteiger partial charge is 0.364 e. The first-order valence-corrected chi connectivity index (χ1v) is 9.89. The van der Waals surface area contributed by atoms with Gasteiger partial charge >= 0.3 is 6.55 Å². The number of nitrogens with zero attached hydrogens (tertiary/aromatic N) is 3. The summed E-state index contributed by atoms with van der Waals surface area (Å²) in [5.41, 5.74) is 9.15. The highest BCUT2D eigenvalue weighted by molar-refractivity contribution is 6.28. The van der Waals surface area contributed by atoms with E-state index in [2.05, 4.69) is 15.3 Å². The molecule has 1 aromatic carbocycles. The Labute approximate surface area is 172 Å². The number of hydrogen-bond donors (Lipinski definition) is 2. The average Bonchev–Trinajstić information content (AvgIpc) is 3.00. The van der Waals surface area contributed by atoms with Crippen molar-refractivity contribution < 1.29 is 8.78 Å². The van der Waals surface area contributed by atoms with Crippen LogP contribution in [0.4, 0.5) is 14.6 Å². The normalized spacial score (nSPS) is 19.2. The zero-order valence-electron chi connectivity index (χ0n) is 15.9. The number of benzene rings is 1. The van der Waals surface area contributed by atoms with Crippen molar-refractivity contribution in [2.45, 2.75) is 44.8 Å². The third-order valence-electron chi connectivity index (χ3n) is 5.43. The molecular weight excluding hydrogens is 396 g/mol. The highest BCUT2D eigenvalue weighted by atomic mass is 35.5. The average molecular weight is 418 g/mol. The Bertz CT molecular complexity index is 1050. The Morgan fingerprint density at radius 2 is 1.93 bits per heavy atom. The number of aromatic nitrogens is 3. The van der Waals surface area contributed by atoms with Crippen molar-refractivity contribution >= 4 is 28.5 Å². The fourth-order valence-electron chi connectivity index (χ4n) is 4.05. The molecule has 29 heavy (non-hydrogen) atoms. The van der Waals surface area contributed by atoms with E-state index < -0.39 is 6.55 Å². The number of allylic oxidation sites excluding steroid dienone is 1. The lowest BCUT2D eigenvalue weighted by molar-refractivity contribution is 0.0705. The maximum absolute atomic E-state index is 14.3. The Hall–Kier alpha value is -2.51. The first-order valence-electron chi connectivity index (χ1n) is 9.51. The number of anilines is 1. The first-order chi connectivity index (χ1) is 14.0. The molecule has 0 unspecified atom stereocenters. The van der Waals surface area contributed by atoms with Crippen molar-refractivity contribution in [1.82, 2.24) is 14.5 Å². The molecule has 8 heteroatoms. The molecule has 2 aromatic heterocycles. The van der Waals surface area contributed by atoms with Gasteiger partial charge in [0.15, 0.2) is 5.82 Å². The molecule has 5 nitrogen and oxygen atoms in total. The fourth-order valence-corrected chi connectivity index (χ4v) is 4.22. The molecule has 0 amide bonds. The molecule has 152 valence electrons. The van der Waals surface area contributed by atoms with Crippen LogP contribution in [0.25, 0.3) is 11.0 Å². The molecule has 1 aliphatic rings. The minimum Gasteiger partial charge on any atom is -0.364 e. The Kier molecular flexibility index (Phi) is 5.52. The maximum Gasteiger partial charge on any atom is 0.319 e. The first kappa shape index (κ1) is 19.8. The molecule has 0 spiro atoms. The summed E-state index contributed by atoms with van der Waals surface area (Å²) in [4.78, 5) is 8.50. The molecule has 2 atom stereocenters. The second kappa shape index (κ2) is 8.08. The number of nitrogens with two attached hydrogens (primary N) is 1. The van der Waals surface area contributed by atoms with E-state index in [9.17, 15) is 8.78 Å². The van der Waals surface area contributed by atoms with Gasteiger partial charge in [-0.3, -0.25) is 4.57 Å². The van der Waals surface area contributed by atoms with Gasteiger partial charge < -0.3 is 11.1 Å². The van der Waals surface area contributed by atoms with E-state index in [-0.39, 0.29) is 22.8 Å².